The summed E-state index contributed by atoms with van der Waals surface area (Å²) < 4.78 is 5.93. The van der Waals surface area contributed by atoms with E-state index in [1.807, 2.05) is 41.5 Å². The first-order valence-electron chi connectivity index (χ1n) is 6.93. The summed E-state index contributed by atoms with van der Waals surface area (Å²) in [6.07, 6.45) is 1.11. The molecule has 2 rings (SSSR count). The number of hydrogen-bond acceptors (Lipinski definition) is 4. The number of aromatic nitrogens is 2. The van der Waals surface area contributed by atoms with E-state index in [0.29, 0.717) is 5.69 Å². The number of aromatic hydroxyl groups is 1. The molecule has 0 radical (unpaired) electrons. The Morgan fingerprint density at radius 3 is 1.86 bits per heavy atom. The number of phenols is 1. The monoisotopic (exact) mass is 290 g/mol. The third-order valence-corrected chi connectivity index (χ3v) is 3.44. The first kappa shape index (κ1) is 15.4. The van der Waals surface area contributed by atoms with Crippen LogP contribution < -0.4 is 5.76 Å². The lowest BCUT2D eigenvalue weighted by atomic mass is 9.79. The molecule has 0 fully saturated rings. The van der Waals surface area contributed by atoms with E-state index in [1.54, 1.807) is 12.1 Å². The highest BCUT2D eigenvalue weighted by Crippen LogP contribution is 2.40. The zero-order chi connectivity index (χ0) is 16.0. The van der Waals surface area contributed by atoms with Crippen molar-refractivity contribution in [2.24, 2.45) is 0 Å². The van der Waals surface area contributed by atoms with E-state index in [9.17, 15) is 9.90 Å². The minimum Gasteiger partial charge on any atom is -0.507 e. The van der Waals surface area contributed by atoms with Crippen LogP contribution in [0.25, 0.3) is 5.69 Å². The lowest BCUT2D eigenvalue weighted by Crippen LogP contribution is -2.20. The zero-order valence-electron chi connectivity index (χ0n) is 13.4. The Hall–Kier alpha value is -2.04. The molecule has 0 atom stereocenters. The molecule has 1 N–H and O–H groups in total. The van der Waals surface area contributed by atoms with Crippen LogP contribution >= 0.6 is 0 Å². The van der Waals surface area contributed by atoms with E-state index in [2.05, 4.69) is 5.10 Å². The van der Waals surface area contributed by atoms with E-state index in [-0.39, 0.29) is 16.6 Å². The van der Waals surface area contributed by atoms with Gasteiger partial charge in [-0.05, 0) is 23.0 Å². The molecule has 2 aromatic rings. The molecule has 0 unspecified atom stereocenters. The Morgan fingerprint density at radius 1 is 1.05 bits per heavy atom. The molecule has 5 nitrogen and oxygen atoms in total. The van der Waals surface area contributed by atoms with Gasteiger partial charge in [-0.2, -0.15) is 4.68 Å². The molecule has 21 heavy (non-hydrogen) atoms. The van der Waals surface area contributed by atoms with Crippen molar-refractivity contribution in [1.82, 2.24) is 9.78 Å². The topological polar surface area (TPSA) is 68.3 Å². The van der Waals surface area contributed by atoms with Crippen molar-refractivity contribution in [2.75, 3.05) is 0 Å². The molecular formula is C16H22N2O3. The molecule has 1 aromatic carbocycles. The molecule has 0 amide bonds. The van der Waals surface area contributed by atoms with Crippen LogP contribution in [0.5, 0.6) is 5.75 Å². The molecule has 1 heterocycles. The maximum Gasteiger partial charge on any atom is 0.441 e. The van der Waals surface area contributed by atoms with Crippen molar-refractivity contribution in [1.29, 1.82) is 0 Å². The Labute approximate surface area is 124 Å². The quantitative estimate of drug-likeness (QED) is 0.876. The fraction of sp³-hybridized carbons (Fsp3) is 0.500. The second-order valence-electron chi connectivity index (χ2n) is 7.31. The molecule has 0 saturated carbocycles. The Balaban J connectivity index is 2.81. The van der Waals surface area contributed by atoms with Crippen LogP contribution in [-0.2, 0) is 10.8 Å². The number of nitrogens with zero attached hydrogens (tertiary/aromatic N) is 2. The lowest BCUT2D eigenvalue weighted by Gasteiger charge is -2.27. The SMILES string of the molecule is CC(C)(C)c1cc(-n2ncoc2=O)cc(C(C)(C)C)c1O. The molecule has 1 aromatic heterocycles. The molecule has 0 saturated heterocycles. The Bertz CT molecular complexity index is 677. The number of benzene rings is 1. The summed E-state index contributed by atoms with van der Waals surface area (Å²) in [7, 11) is 0. The summed E-state index contributed by atoms with van der Waals surface area (Å²) >= 11 is 0. The Morgan fingerprint density at radius 2 is 1.52 bits per heavy atom. The molecule has 0 spiro atoms. The second-order valence-corrected chi connectivity index (χ2v) is 7.31. The van der Waals surface area contributed by atoms with Crippen molar-refractivity contribution in [2.45, 2.75) is 52.4 Å². The van der Waals surface area contributed by atoms with Crippen LogP contribution in [-0.4, -0.2) is 14.9 Å². The summed E-state index contributed by atoms with van der Waals surface area (Å²) in [5, 5.41) is 14.5. The van der Waals surface area contributed by atoms with E-state index in [0.717, 1.165) is 17.5 Å². The van der Waals surface area contributed by atoms with Gasteiger partial charge >= 0.3 is 5.76 Å². The lowest BCUT2D eigenvalue weighted by molar-refractivity contribution is 0.422. The smallest absolute Gasteiger partial charge is 0.441 e. The highest BCUT2D eigenvalue weighted by atomic mass is 16.4. The summed E-state index contributed by atoms with van der Waals surface area (Å²) in [6.45, 7) is 12.1. The maximum atomic E-state index is 11.7. The zero-order valence-corrected chi connectivity index (χ0v) is 13.4. The Kier molecular flexibility index (Phi) is 3.48. The molecule has 0 aliphatic carbocycles. The first-order valence-corrected chi connectivity index (χ1v) is 6.93. The van der Waals surface area contributed by atoms with Gasteiger partial charge in [-0.1, -0.05) is 41.5 Å². The highest BCUT2D eigenvalue weighted by molar-refractivity contribution is 5.54. The normalized spacial score (nSPS) is 12.7. The molecule has 0 aliphatic rings. The van der Waals surface area contributed by atoms with Gasteiger partial charge in [-0.3, -0.25) is 0 Å². The summed E-state index contributed by atoms with van der Waals surface area (Å²) in [5.41, 5.74) is 1.64. The molecule has 0 aliphatic heterocycles. The minimum atomic E-state index is -0.541. The van der Waals surface area contributed by atoms with Gasteiger partial charge in [-0.15, -0.1) is 5.10 Å². The molecule has 0 bridgehead atoms. The van der Waals surface area contributed by atoms with Crippen molar-refractivity contribution in [3.63, 3.8) is 0 Å². The average molecular weight is 290 g/mol. The predicted octanol–water partition coefficient (Wildman–Crippen LogP) is 3.13. The second kappa shape index (κ2) is 4.76. The fourth-order valence-corrected chi connectivity index (χ4v) is 2.27. The van der Waals surface area contributed by atoms with Gasteiger partial charge in [-0.25, -0.2) is 4.79 Å². The van der Waals surface area contributed by atoms with Crippen LogP contribution in [0.15, 0.2) is 27.7 Å². The highest BCUT2D eigenvalue weighted by Gasteiger charge is 2.27. The van der Waals surface area contributed by atoms with E-state index in [4.69, 9.17) is 4.42 Å². The van der Waals surface area contributed by atoms with Gasteiger partial charge in [0.1, 0.15) is 5.75 Å². The molecular weight excluding hydrogens is 268 g/mol. The standard InChI is InChI=1S/C16H22N2O3/c1-15(2,3)11-7-10(18-14(20)21-9-17-18)8-12(13(11)19)16(4,5)6/h7-9,19H,1-6H3. The average Bonchev–Trinajstić information content (AvgIpc) is 2.72. The minimum absolute atomic E-state index is 0.257. The molecule has 114 valence electrons. The predicted molar refractivity (Wildman–Crippen MR) is 81.2 cm³/mol. The van der Waals surface area contributed by atoms with Crippen LogP contribution in [0.1, 0.15) is 52.7 Å². The van der Waals surface area contributed by atoms with Crippen LogP contribution in [0.4, 0.5) is 0 Å². The van der Waals surface area contributed by atoms with Crippen LogP contribution in [0.3, 0.4) is 0 Å². The van der Waals surface area contributed by atoms with Crippen LogP contribution in [0, 0.1) is 0 Å². The summed E-state index contributed by atoms with van der Waals surface area (Å²) in [6, 6.07) is 3.57. The summed E-state index contributed by atoms with van der Waals surface area (Å²) in [5.74, 6) is -0.268. The van der Waals surface area contributed by atoms with Gasteiger partial charge in [0.2, 0.25) is 6.39 Å². The van der Waals surface area contributed by atoms with Gasteiger partial charge in [0, 0.05) is 11.1 Å². The van der Waals surface area contributed by atoms with Gasteiger partial charge in [0.15, 0.2) is 0 Å². The fourth-order valence-electron chi connectivity index (χ4n) is 2.27. The van der Waals surface area contributed by atoms with E-state index in [1.165, 1.54) is 4.68 Å². The van der Waals surface area contributed by atoms with Gasteiger partial charge in [0.05, 0.1) is 5.69 Å². The van der Waals surface area contributed by atoms with E-state index < -0.39 is 5.76 Å². The van der Waals surface area contributed by atoms with Crippen LogP contribution in [0.2, 0.25) is 0 Å². The number of rotatable bonds is 1. The van der Waals surface area contributed by atoms with Gasteiger partial charge in [0.25, 0.3) is 0 Å². The number of phenolic OH excluding ortho intramolecular Hbond substituents is 1. The first-order chi connectivity index (χ1) is 9.51. The largest absolute Gasteiger partial charge is 0.507 e. The third kappa shape index (κ3) is 2.86. The van der Waals surface area contributed by atoms with E-state index >= 15 is 0 Å². The maximum absolute atomic E-state index is 11.7. The van der Waals surface area contributed by atoms with Crippen molar-refractivity contribution >= 4 is 0 Å². The van der Waals surface area contributed by atoms with Crippen molar-refractivity contribution < 1.29 is 9.52 Å². The van der Waals surface area contributed by atoms with Gasteiger partial charge < -0.3 is 9.52 Å². The number of hydrogen-bond donors (Lipinski definition) is 1. The van der Waals surface area contributed by atoms with Crippen molar-refractivity contribution in [3.8, 4) is 11.4 Å². The van der Waals surface area contributed by atoms with Crippen molar-refractivity contribution in [3.05, 3.63) is 40.2 Å². The molecule has 5 heteroatoms. The third-order valence-electron chi connectivity index (χ3n) is 3.44. The summed E-state index contributed by atoms with van der Waals surface area (Å²) in [4.78, 5) is 11.7.